The van der Waals surface area contributed by atoms with Crippen molar-refractivity contribution in [3.05, 3.63) is 18.2 Å². The lowest BCUT2D eigenvalue weighted by Crippen LogP contribution is -2.40. The number of amides is 2. The van der Waals surface area contributed by atoms with Crippen molar-refractivity contribution in [2.75, 3.05) is 38.1 Å². The van der Waals surface area contributed by atoms with Gasteiger partial charge in [0.15, 0.2) is 9.84 Å². The third-order valence-corrected chi connectivity index (χ3v) is 5.48. The Bertz CT molecular complexity index is 659. The summed E-state index contributed by atoms with van der Waals surface area (Å²) in [4.78, 5) is 13.7. The fourth-order valence-electron chi connectivity index (χ4n) is 2.36. The molecule has 1 unspecified atom stereocenters. The molecule has 0 aliphatic carbocycles. The Balaban J connectivity index is 2.11. The molecule has 8 heteroatoms. The van der Waals surface area contributed by atoms with Crippen molar-refractivity contribution in [1.29, 1.82) is 0 Å². The van der Waals surface area contributed by atoms with Crippen molar-refractivity contribution >= 4 is 21.6 Å². The van der Waals surface area contributed by atoms with Gasteiger partial charge in [0.1, 0.15) is 11.5 Å². The summed E-state index contributed by atoms with van der Waals surface area (Å²) >= 11 is 0. The predicted octanol–water partition coefficient (Wildman–Crippen LogP) is 1.35. The number of ether oxygens (including phenoxy) is 2. The van der Waals surface area contributed by atoms with Crippen molar-refractivity contribution in [1.82, 2.24) is 4.90 Å². The highest BCUT2D eigenvalue weighted by Gasteiger charge is 2.32. The van der Waals surface area contributed by atoms with Crippen molar-refractivity contribution in [2.45, 2.75) is 12.5 Å². The maximum atomic E-state index is 12.3. The summed E-state index contributed by atoms with van der Waals surface area (Å²) in [6.07, 6.45) is 0.460. The number of carbonyl (C=O) groups excluding carboxylic acids is 1. The molecule has 22 heavy (non-hydrogen) atoms. The van der Waals surface area contributed by atoms with Crippen molar-refractivity contribution in [3.63, 3.8) is 0 Å². The van der Waals surface area contributed by atoms with Gasteiger partial charge in [-0.3, -0.25) is 0 Å². The number of hydrogen-bond acceptors (Lipinski definition) is 5. The van der Waals surface area contributed by atoms with Gasteiger partial charge in [-0.2, -0.15) is 0 Å². The van der Waals surface area contributed by atoms with E-state index >= 15 is 0 Å². The van der Waals surface area contributed by atoms with E-state index in [1.807, 2.05) is 0 Å². The van der Waals surface area contributed by atoms with E-state index in [1.54, 1.807) is 25.2 Å². The van der Waals surface area contributed by atoms with Crippen molar-refractivity contribution in [3.8, 4) is 11.5 Å². The number of hydrogen-bond donors (Lipinski definition) is 1. The summed E-state index contributed by atoms with van der Waals surface area (Å²) < 4.78 is 33.4. The van der Waals surface area contributed by atoms with E-state index < -0.39 is 9.84 Å². The lowest BCUT2D eigenvalue weighted by Gasteiger charge is -2.24. The molecule has 0 saturated carbocycles. The number of sulfone groups is 1. The first-order valence-electron chi connectivity index (χ1n) is 6.82. The van der Waals surface area contributed by atoms with E-state index in [0.29, 0.717) is 23.6 Å². The summed E-state index contributed by atoms with van der Waals surface area (Å²) in [5.41, 5.74) is 0.472. The van der Waals surface area contributed by atoms with Crippen LogP contribution in [0.4, 0.5) is 10.5 Å². The highest BCUT2D eigenvalue weighted by Crippen LogP contribution is 2.29. The fraction of sp³-hybridized carbons (Fsp3) is 0.500. The van der Waals surface area contributed by atoms with Gasteiger partial charge in [-0.1, -0.05) is 0 Å². The molecule has 0 aromatic heterocycles. The molecule has 1 aliphatic heterocycles. The van der Waals surface area contributed by atoms with Gasteiger partial charge in [-0.15, -0.1) is 0 Å². The number of urea groups is 1. The highest BCUT2D eigenvalue weighted by molar-refractivity contribution is 7.91. The van der Waals surface area contributed by atoms with Crippen LogP contribution >= 0.6 is 0 Å². The maximum absolute atomic E-state index is 12.3. The summed E-state index contributed by atoms with van der Waals surface area (Å²) in [7, 11) is 1.59. The standard InChI is InChI=1S/C14H20N2O5S/c1-16(10-6-7-22(18,19)9-10)14(17)15-12-8-11(20-2)4-5-13(12)21-3/h4-5,8,10H,6-7,9H2,1-3H3,(H,15,17). The summed E-state index contributed by atoms with van der Waals surface area (Å²) in [5.74, 6) is 1.22. The second-order valence-electron chi connectivity index (χ2n) is 5.16. The topological polar surface area (TPSA) is 84.9 Å². The molecule has 2 rings (SSSR count). The van der Waals surface area contributed by atoms with Gasteiger partial charge < -0.3 is 19.7 Å². The van der Waals surface area contributed by atoms with Crippen LogP contribution in [0.5, 0.6) is 11.5 Å². The van der Waals surface area contributed by atoms with Crippen LogP contribution in [0, 0.1) is 0 Å². The molecule has 1 saturated heterocycles. The normalized spacial score (nSPS) is 19.5. The number of nitrogens with zero attached hydrogens (tertiary/aromatic N) is 1. The smallest absolute Gasteiger partial charge is 0.321 e. The molecule has 1 N–H and O–H groups in total. The van der Waals surface area contributed by atoms with E-state index in [1.165, 1.54) is 19.1 Å². The predicted molar refractivity (Wildman–Crippen MR) is 83.4 cm³/mol. The summed E-state index contributed by atoms with van der Waals surface area (Å²) in [5, 5.41) is 2.73. The average Bonchev–Trinajstić information content (AvgIpc) is 2.86. The third-order valence-electron chi connectivity index (χ3n) is 3.72. The lowest BCUT2D eigenvalue weighted by atomic mass is 10.2. The summed E-state index contributed by atoms with van der Waals surface area (Å²) in [6.45, 7) is 0. The largest absolute Gasteiger partial charge is 0.497 e. The zero-order valence-corrected chi connectivity index (χ0v) is 13.6. The Morgan fingerprint density at radius 3 is 2.59 bits per heavy atom. The summed E-state index contributed by atoms with van der Waals surface area (Å²) in [6, 6.07) is 4.38. The molecule has 0 radical (unpaired) electrons. The Hall–Kier alpha value is -1.96. The van der Waals surface area contributed by atoms with Gasteiger partial charge >= 0.3 is 6.03 Å². The first-order chi connectivity index (χ1) is 10.4. The molecule has 1 fully saturated rings. The zero-order valence-electron chi connectivity index (χ0n) is 12.8. The van der Waals surface area contributed by atoms with Gasteiger partial charge in [0.2, 0.25) is 0 Å². The lowest BCUT2D eigenvalue weighted by molar-refractivity contribution is 0.209. The molecule has 1 heterocycles. The zero-order chi connectivity index (χ0) is 16.3. The monoisotopic (exact) mass is 328 g/mol. The minimum atomic E-state index is -3.04. The van der Waals surface area contributed by atoms with Gasteiger partial charge in [0.25, 0.3) is 0 Å². The molecule has 1 aromatic carbocycles. The van der Waals surface area contributed by atoms with Crippen LogP contribution in [0.25, 0.3) is 0 Å². The van der Waals surface area contributed by atoms with Crippen LogP contribution in [0.1, 0.15) is 6.42 Å². The van der Waals surface area contributed by atoms with Gasteiger partial charge in [0, 0.05) is 19.2 Å². The van der Waals surface area contributed by atoms with E-state index in [9.17, 15) is 13.2 Å². The molecule has 122 valence electrons. The number of anilines is 1. The Labute approximate surface area is 130 Å². The van der Waals surface area contributed by atoms with Crippen LogP contribution < -0.4 is 14.8 Å². The third kappa shape index (κ3) is 3.62. The molecule has 1 atom stereocenters. The molecule has 0 bridgehead atoms. The number of rotatable bonds is 4. The van der Waals surface area contributed by atoms with E-state index in [-0.39, 0.29) is 23.6 Å². The minimum Gasteiger partial charge on any atom is -0.497 e. The fourth-order valence-corrected chi connectivity index (χ4v) is 4.14. The molecular weight excluding hydrogens is 308 g/mol. The second-order valence-corrected chi connectivity index (χ2v) is 7.39. The Morgan fingerprint density at radius 1 is 1.32 bits per heavy atom. The van der Waals surface area contributed by atoms with Crippen LogP contribution in [-0.4, -0.2) is 58.2 Å². The Kier molecular flexibility index (Phi) is 4.80. The first-order valence-corrected chi connectivity index (χ1v) is 8.64. The second kappa shape index (κ2) is 6.43. The van der Waals surface area contributed by atoms with Crippen LogP contribution in [0.15, 0.2) is 18.2 Å². The Morgan fingerprint density at radius 2 is 2.05 bits per heavy atom. The number of nitrogens with one attached hydrogen (secondary N) is 1. The van der Waals surface area contributed by atoms with Crippen LogP contribution in [0.3, 0.4) is 0 Å². The van der Waals surface area contributed by atoms with E-state index in [0.717, 1.165) is 0 Å². The molecule has 0 spiro atoms. The molecule has 1 aliphatic rings. The van der Waals surface area contributed by atoms with E-state index in [2.05, 4.69) is 5.32 Å². The SMILES string of the molecule is COc1ccc(OC)c(NC(=O)N(C)C2CCS(=O)(=O)C2)c1. The van der Waals surface area contributed by atoms with Gasteiger partial charge in [0.05, 0.1) is 31.4 Å². The van der Waals surface area contributed by atoms with Crippen molar-refractivity contribution < 1.29 is 22.7 Å². The highest BCUT2D eigenvalue weighted by atomic mass is 32.2. The van der Waals surface area contributed by atoms with Gasteiger partial charge in [-0.25, -0.2) is 13.2 Å². The van der Waals surface area contributed by atoms with E-state index in [4.69, 9.17) is 9.47 Å². The molecule has 2 amide bonds. The molecule has 1 aromatic rings. The maximum Gasteiger partial charge on any atom is 0.321 e. The molecular formula is C14H20N2O5S. The quantitative estimate of drug-likeness (QED) is 0.902. The first kappa shape index (κ1) is 16.4. The van der Waals surface area contributed by atoms with Crippen molar-refractivity contribution in [2.24, 2.45) is 0 Å². The number of carbonyl (C=O) groups is 1. The average molecular weight is 328 g/mol. The minimum absolute atomic E-state index is 0.00612. The van der Waals surface area contributed by atoms with Crippen LogP contribution in [0.2, 0.25) is 0 Å². The number of methoxy groups -OCH3 is 2. The van der Waals surface area contributed by atoms with Crippen LogP contribution in [-0.2, 0) is 9.84 Å². The number of benzene rings is 1. The molecule has 7 nitrogen and oxygen atoms in total. The van der Waals surface area contributed by atoms with Gasteiger partial charge in [-0.05, 0) is 18.6 Å².